The van der Waals surface area contributed by atoms with Gasteiger partial charge in [-0.1, -0.05) is 44.2 Å². The van der Waals surface area contributed by atoms with Crippen LogP contribution in [0.1, 0.15) is 72.5 Å². The minimum atomic E-state index is -4.02. The first-order chi connectivity index (χ1) is 25.7. The van der Waals surface area contributed by atoms with Crippen molar-refractivity contribution in [1.29, 1.82) is 0 Å². The predicted octanol–water partition coefficient (Wildman–Crippen LogP) is 2.85. The Kier molecular flexibility index (Phi) is 15.6. The molecular formula is C38H53N7O7S2. The molecule has 1 saturated heterocycles. The van der Waals surface area contributed by atoms with Crippen molar-refractivity contribution in [2.24, 2.45) is 5.92 Å². The van der Waals surface area contributed by atoms with Gasteiger partial charge in [-0.2, -0.15) is 24.1 Å². The normalized spacial score (nSPS) is 15.8. The maximum atomic E-state index is 14.1. The number of nitrogens with one attached hydrogen (secondary N) is 5. The van der Waals surface area contributed by atoms with Gasteiger partial charge >= 0.3 is 10.2 Å². The van der Waals surface area contributed by atoms with Crippen molar-refractivity contribution in [3.8, 4) is 0 Å². The number of hydrogen-bond acceptors (Lipinski definition) is 9. The van der Waals surface area contributed by atoms with E-state index >= 15 is 0 Å². The molecule has 1 aliphatic rings. The van der Waals surface area contributed by atoms with Crippen LogP contribution in [-0.2, 0) is 31.0 Å². The van der Waals surface area contributed by atoms with Gasteiger partial charge in [-0.25, -0.2) is 0 Å². The summed E-state index contributed by atoms with van der Waals surface area (Å²) < 4.78 is 35.1. The predicted molar refractivity (Wildman–Crippen MR) is 211 cm³/mol. The molecule has 2 heterocycles. The quantitative estimate of drug-likeness (QED) is 0.131. The third kappa shape index (κ3) is 11.6. The Hall–Kier alpha value is -4.35. The molecule has 54 heavy (non-hydrogen) atoms. The molecule has 5 N–H and O–H groups in total. The molecular weight excluding hydrogens is 731 g/mol. The largest absolute Gasteiger partial charge is 0.379 e. The van der Waals surface area contributed by atoms with E-state index in [0.717, 1.165) is 15.4 Å². The van der Waals surface area contributed by atoms with Gasteiger partial charge in [0.05, 0.1) is 31.0 Å². The zero-order chi connectivity index (χ0) is 39.4. The third-order valence-corrected chi connectivity index (χ3v) is 11.8. The Morgan fingerprint density at radius 3 is 2.13 bits per heavy atom. The van der Waals surface area contributed by atoms with Crippen LogP contribution in [-0.4, -0.2) is 101 Å². The number of benzene rings is 2. The minimum Gasteiger partial charge on any atom is -0.379 e. The fourth-order valence-corrected chi connectivity index (χ4v) is 7.96. The van der Waals surface area contributed by atoms with Crippen LogP contribution in [0.15, 0.2) is 65.4 Å². The number of likely N-dealkylation sites (N-methyl/N-ethyl adjacent to an activating group) is 1. The zero-order valence-electron chi connectivity index (χ0n) is 31.8. The van der Waals surface area contributed by atoms with Crippen molar-refractivity contribution in [2.75, 3.05) is 50.7 Å². The molecule has 0 saturated carbocycles. The summed E-state index contributed by atoms with van der Waals surface area (Å²) in [5, 5.41) is 18.6. The van der Waals surface area contributed by atoms with Gasteiger partial charge in [0, 0.05) is 50.4 Å². The van der Waals surface area contributed by atoms with Crippen LogP contribution in [0.3, 0.4) is 0 Å². The van der Waals surface area contributed by atoms with Gasteiger partial charge in [0.15, 0.2) is 0 Å². The Balaban J connectivity index is 1.60. The summed E-state index contributed by atoms with van der Waals surface area (Å²) in [5.74, 6) is -1.78. The first-order valence-electron chi connectivity index (χ1n) is 18.2. The number of carbonyl (C=O) groups excluding carboxylic acids is 4. The average molecular weight is 784 g/mol. The highest BCUT2D eigenvalue weighted by Gasteiger charge is 2.31. The number of rotatable bonds is 18. The topological polar surface area (TPSA) is 178 Å². The SMILES string of the molecule is CCNC(=O)[C@@H](NC(=O)[C@H](C)NC[C@H](Cc1ccccc1)NC(=O)c1cc(C(=O)NC(C)c2ccsc2)cc(N(C)S(=O)(=O)N2CCOCC2)c1)C(C)C. The molecule has 1 fully saturated rings. The van der Waals surface area contributed by atoms with E-state index in [-0.39, 0.29) is 73.4 Å². The van der Waals surface area contributed by atoms with Crippen molar-refractivity contribution >= 4 is 50.9 Å². The molecule has 1 unspecified atom stereocenters. The smallest absolute Gasteiger partial charge is 0.303 e. The van der Waals surface area contributed by atoms with Crippen LogP contribution in [0.2, 0.25) is 0 Å². The molecule has 16 heteroatoms. The van der Waals surface area contributed by atoms with E-state index < -0.39 is 40.1 Å². The van der Waals surface area contributed by atoms with Crippen LogP contribution < -0.4 is 30.9 Å². The van der Waals surface area contributed by atoms with E-state index in [1.54, 1.807) is 6.92 Å². The molecule has 4 amide bonds. The monoisotopic (exact) mass is 783 g/mol. The highest BCUT2D eigenvalue weighted by Crippen LogP contribution is 2.25. The molecule has 0 radical (unpaired) electrons. The van der Waals surface area contributed by atoms with Gasteiger partial charge in [0.2, 0.25) is 11.8 Å². The van der Waals surface area contributed by atoms with Gasteiger partial charge < -0.3 is 31.3 Å². The van der Waals surface area contributed by atoms with E-state index in [9.17, 15) is 27.6 Å². The summed E-state index contributed by atoms with van der Waals surface area (Å²) in [6.07, 6.45) is 0.401. The average Bonchev–Trinajstić information content (AvgIpc) is 3.71. The minimum absolute atomic E-state index is 0.0791. The van der Waals surface area contributed by atoms with Crippen LogP contribution in [0.4, 0.5) is 5.69 Å². The summed E-state index contributed by atoms with van der Waals surface area (Å²) >= 11 is 1.50. The molecule has 4 rings (SSSR count). The second-order valence-corrected chi connectivity index (χ2v) is 16.4. The number of anilines is 1. The van der Waals surface area contributed by atoms with Crippen molar-refractivity contribution in [3.63, 3.8) is 0 Å². The lowest BCUT2D eigenvalue weighted by atomic mass is 10.0. The molecule has 0 spiro atoms. The highest BCUT2D eigenvalue weighted by atomic mass is 32.2. The number of carbonyl (C=O) groups is 4. The van der Waals surface area contributed by atoms with Gasteiger partial charge in [-0.3, -0.25) is 23.5 Å². The number of morpholine rings is 1. The molecule has 14 nitrogen and oxygen atoms in total. The summed E-state index contributed by atoms with van der Waals surface area (Å²) in [5.41, 5.74) is 2.18. The van der Waals surface area contributed by atoms with Crippen LogP contribution >= 0.6 is 11.3 Å². The van der Waals surface area contributed by atoms with E-state index in [1.165, 1.54) is 40.9 Å². The van der Waals surface area contributed by atoms with Crippen LogP contribution in [0.25, 0.3) is 0 Å². The number of thiophene rings is 1. The lowest BCUT2D eigenvalue weighted by Crippen LogP contribution is -2.55. The molecule has 0 aliphatic carbocycles. The van der Waals surface area contributed by atoms with E-state index in [0.29, 0.717) is 13.0 Å². The van der Waals surface area contributed by atoms with Crippen molar-refractivity contribution in [1.82, 2.24) is 30.9 Å². The summed E-state index contributed by atoms with van der Waals surface area (Å²) in [4.78, 5) is 53.5. The Labute approximate surface area is 322 Å². The number of nitrogens with zero attached hydrogens (tertiary/aromatic N) is 2. The summed E-state index contributed by atoms with van der Waals surface area (Å²) in [6.45, 7) is 10.5. The van der Waals surface area contributed by atoms with Gasteiger partial charge in [-0.15, -0.1) is 0 Å². The van der Waals surface area contributed by atoms with Crippen molar-refractivity contribution < 1.29 is 32.3 Å². The Morgan fingerprint density at radius 1 is 0.889 bits per heavy atom. The summed E-state index contributed by atoms with van der Waals surface area (Å²) in [6, 6.07) is 13.5. The molecule has 294 valence electrons. The fourth-order valence-electron chi connectivity index (χ4n) is 5.87. The Morgan fingerprint density at radius 2 is 1.54 bits per heavy atom. The molecule has 4 atom stereocenters. The lowest BCUT2D eigenvalue weighted by molar-refractivity contribution is -0.130. The summed E-state index contributed by atoms with van der Waals surface area (Å²) in [7, 11) is -2.63. The van der Waals surface area contributed by atoms with Crippen molar-refractivity contribution in [3.05, 3.63) is 87.6 Å². The number of ether oxygens (including phenoxy) is 1. The third-order valence-electron chi connectivity index (χ3n) is 9.16. The van der Waals surface area contributed by atoms with Crippen molar-refractivity contribution in [2.45, 2.75) is 65.2 Å². The lowest BCUT2D eigenvalue weighted by Gasteiger charge is -2.31. The van der Waals surface area contributed by atoms with Crippen LogP contribution in [0.5, 0.6) is 0 Å². The molecule has 1 aromatic heterocycles. The highest BCUT2D eigenvalue weighted by molar-refractivity contribution is 7.90. The maximum Gasteiger partial charge on any atom is 0.303 e. The molecule has 0 bridgehead atoms. The van der Waals surface area contributed by atoms with Gasteiger partial charge in [0.25, 0.3) is 11.8 Å². The van der Waals surface area contributed by atoms with Gasteiger partial charge in [-0.05, 0) is 79.3 Å². The first-order valence-corrected chi connectivity index (χ1v) is 20.5. The second-order valence-electron chi connectivity index (χ2n) is 13.6. The zero-order valence-corrected chi connectivity index (χ0v) is 33.4. The van der Waals surface area contributed by atoms with Crippen LogP contribution in [0, 0.1) is 5.92 Å². The van der Waals surface area contributed by atoms with E-state index in [2.05, 4.69) is 26.6 Å². The Bertz CT molecular complexity index is 1820. The van der Waals surface area contributed by atoms with E-state index in [1.807, 2.05) is 74.9 Å². The number of amides is 4. The first kappa shape index (κ1) is 42.4. The molecule has 2 aromatic carbocycles. The molecule has 3 aromatic rings. The maximum absolute atomic E-state index is 14.1. The fraction of sp³-hybridized carbons (Fsp3) is 0.474. The van der Waals surface area contributed by atoms with E-state index in [4.69, 9.17) is 4.74 Å². The standard InChI is InChI=1S/C38H53N7O7S2/c1-7-39-38(49)34(25(2)3)43-35(46)27(5)40-23-32(19-28-11-9-8-10-12-28)42-37(48)31-20-30(36(47)41-26(4)29-13-18-53-24-29)21-33(22-31)44(6)54(50,51)45-14-16-52-17-15-45/h8-13,18,20-22,24-27,32,34,40H,7,14-17,19,23H2,1-6H3,(H,39,49)(H,41,47)(H,42,48)(H,43,46)/t26?,27-,32-,34-/m0/s1. The van der Waals surface area contributed by atoms with Gasteiger partial charge in [0.1, 0.15) is 6.04 Å². The second kappa shape index (κ2) is 19.8. The molecule has 1 aliphatic heterocycles. The number of hydrogen-bond donors (Lipinski definition) is 5.